The van der Waals surface area contributed by atoms with Gasteiger partial charge < -0.3 is 20.2 Å². The van der Waals surface area contributed by atoms with Crippen molar-refractivity contribution >= 4 is 39.3 Å². The molecule has 0 bridgehead atoms. The van der Waals surface area contributed by atoms with Crippen molar-refractivity contribution in [3.8, 4) is 5.75 Å². The fourth-order valence-electron chi connectivity index (χ4n) is 4.38. The SMILES string of the molecule is Cc1c(C(C(=O)C(N)=O)c2c[nH]c3cccc(OCC(=O)OC(C)(C)C)c23)ccc2ccccc12. The molecule has 0 aliphatic heterocycles. The van der Waals surface area contributed by atoms with Crippen LogP contribution in [0.4, 0.5) is 0 Å². The Labute approximate surface area is 203 Å². The lowest BCUT2D eigenvalue weighted by Gasteiger charge is -2.20. The third-order valence-electron chi connectivity index (χ3n) is 5.83. The van der Waals surface area contributed by atoms with Crippen molar-refractivity contribution < 1.29 is 23.9 Å². The maximum atomic E-state index is 13.2. The van der Waals surface area contributed by atoms with Crippen molar-refractivity contribution in [2.45, 2.75) is 39.2 Å². The van der Waals surface area contributed by atoms with Crippen molar-refractivity contribution in [3.05, 3.63) is 77.5 Å². The summed E-state index contributed by atoms with van der Waals surface area (Å²) in [5.41, 5.74) is 7.65. The molecule has 4 aromatic rings. The number of fused-ring (bicyclic) bond motifs is 2. The van der Waals surface area contributed by atoms with Crippen molar-refractivity contribution in [1.82, 2.24) is 4.98 Å². The highest BCUT2D eigenvalue weighted by Crippen LogP contribution is 2.39. The van der Waals surface area contributed by atoms with Gasteiger partial charge in [-0.3, -0.25) is 9.59 Å². The number of benzene rings is 3. The summed E-state index contributed by atoms with van der Waals surface area (Å²) >= 11 is 0. The number of hydrogen-bond donors (Lipinski definition) is 2. The van der Waals surface area contributed by atoms with E-state index < -0.39 is 29.2 Å². The summed E-state index contributed by atoms with van der Waals surface area (Å²) in [6.45, 7) is 6.96. The van der Waals surface area contributed by atoms with Gasteiger partial charge in [0.2, 0.25) is 5.78 Å². The van der Waals surface area contributed by atoms with Gasteiger partial charge in [-0.25, -0.2) is 4.79 Å². The summed E-state index contributed by atoms with van der Waals surface area (Å²) in [6.07, 6.45) is 1.69. The van der Waals surface area contributed by atoms with E-state index in [-0.39, 0.29) is 6.61 Å². The Kier molecular flexibility index (Phi) is 6.35. The summed E-state index contributed by atoms with van der Waals surface area (Å²) in [5.74, 6) is -2.82. The van der Waals surface area contributed by atoms with E-state index in [2.05, 4.69) is 4.98 Å². The molecule has 3 aromatic carbocycles. The molecule has 35 heavy (non-hydrogen) atoms. The second kappa shape index (κ2) is 9.25. The van der Waals surface area contributed by atoms with E-state index in [0.29, 0.717) is 27.8 Å². The van der Waals surface area contributed by atoms with Gasteiger partial charge >= 0.3 is 5.97 Å². The zero-order valence-corrected chi connectivity index (χ0v) is 20.2. The smallest absolute Gasteiger partial charge is 0.344 e. The summed E-state index contributed by atoms with van der Waals surface area (Å²) in [5, 5.41) is 2.61. The van der Waals surface area contributed by atoms with Crippen molar-refractivity contribution in [3.63, 3.8) is 0 Å². The number of esters is 1. The van der Waals surface area contributed by atoms with Crippen LogP contribution in [0.3, 0.4) is 0 Å². The van der Waals surface area contributed by atoms with E-state index >= 15 is 0 Å². The molecule has 3 N–H and O–H groups in total. The molecule has 1 heterocycles. The van der Waals surface area contributed by atoms with E-state index in [0.717, 1.165) is 16.3 Å². The fourth-order valence-corrected chi connectivity index (χ4v) is 4.38. The van der Waals surface area contributed by atoms with Gasteiger partial charge in [0.25, 0.3) is 5.91 Å². The molecule has 1 atom stereocenters. The molecular weight excluding hydrogens is 444 g/mol. The van der Waals surface area contributed by atoms with Crippen LogP contribution in [0, 0.1) is 6.92 Å². The number of hydrogen-bond acceptors (Lipinski definition) is 5. The van der Waals surface area contributed by atoms with Gasteiger partial charge in [-0.2, -0.15) is 0 Å². The number of carbonyl (C=O) groups is 3. The number of aromatic nitrogens is 1. The Morgan fingerprint density at radius 3 is 2.43 bits per heavy atom. The average molecular weight is 473 g/mol. The number of nitrogens with one attached hydrogen (secondary N) is 1. The number of ketones is 1. The number of amides is 1. The van der Waals surface area contributed by atoms with Crippen LogP contribution >= 0.6 is 0 Å². The van der Waals surface area contributed by atoms with Crippen molar-refractivity contribution in [2.24, 2.45) is 5.73 Å². The minimum absolute atomic E-state index is 0.301. The highest BCUT2D eigenvalue weighted by Gasteiger charge is 2.32. The zero-order valence-electron chi connectivity index (χ0n) is 20.2. The number of carbonyl (C=O) groups excluding carboxylic acids is 3. The first-order valence-electron chi connectivity index (χ1n) is 11.3. The van der Waals surface area contributed by atoms with Crippen LogP contribution in [0.1, 0.15) is 43.4 Å². The monoisotopic (exact) mass is 472 g/mol. The first-order chi connectivity index (χ1) is 16.6. The van der Waals surface area contributed by atoms with Crippen molar-refractivity contribution in [2.75, 3.05) is 6.61 Å². The summed E-state index contributed by atoms with van der Waals surface area (Å²) in [4.78, 5) is 40.7. The molecule has 180 valence electrons. The molecule has 0 spiro atoms. The molecule has 0 fully saturated rings. The molecule has 1 amide bonds. The normalized spacial score (nSPS) is 12.5. The van der Waals surface area contributed by atoms with Gasteiger partial charge in [-0.1, -0.05) is 42.5 Å². The van der Waals surface area contributed by atoms with Crippen LogP contribution in [-0.2, 0) is 19.1 Å². The van der Waals surface area contributed by atoms with Crippen LogP contribution in [0.15, 0.2) is 60.8 Å². The Morgan fingerprint density at radius 2 is 1.71 bits per heavy atom. The Bertz CT molecular complexity index is 1450. The number of aryl methyl sites for hydroxylation is 1. The lowest BCUT2D eigenvalue weighted by Crippen LogP contribution is -2.30. The van der Waals surface area contributed by atoms with E-state index in [1.54, 1.807) is 39.1 Å². The molecule has 0 saturated carbocycles. The Morgan fingerprint density at radius 1 is 0.971 bits per heavy atom. The molecule has 4 rings (SSSR count). The van der Waals surface area contributed by atoms with E-state index in [4.69, 9.17) is 15.2 Å². The predicted molar refractivity (Wildman–Crippen MR) is 134 cm³/mol. The standard InChI is InChI=1S/C28H28N2O5/c1-16-18-9-6-5-8-17(18)12-13-19(16)24(26(32)27(29)33)20-14-30-21-10-7-11-22(25(20)21)34-15-23(31)35-28(2,3)4/h5-14,24,30H,15H2,1-4H3,(H2,29,33). The van der Waals surface area contributed by atoms with Crippen LogP contribution in [0.2, 0.25) is 0 Å². The van der Waals surface area contributed by atoms with Gasteiger partial charge in [0, 0.05) is 17.1 Å². The van der Waals surface area contributed by atoms with Gasteiger partial charge in [0.1, 0.15) is 11.4 Å². The number of rotatable bonds is 7. The third-order valence-corrected chi connectivity index (χ3v) is 5.83. The first-order valence-corrected chi connectivity index (χ1v) is 11.3. The number of Topliss-reactive ketones (excluding diaryl/α,β-unsaturated/α-hetero) is 1. The topological polar surface area (TPSA) is 111 Å². The molecule has 7 heteroatoms. The summed E-state index contributed by atoms with van der Waals surface area (Å²) in [7, 11) is 0. The second-order valence-corrected chi connectivity index (χ2v) is 9.46. The summed E-state index contributed by atoms with van der Waals surface area (Å²) < 4.78 is 11.2. The minimum Gasteiger partial charge on any atom is -0.481 e. The molecular formula is C28H28N2O5. The largest absolute Gasteiger partial charge is 0.481 e. The molecule has 7 nitrogen and oxygen atoms in total. The van der Waals surface area contributed by atoms with E-state index in [9.17, 15) is 14.4 Å². The zero-order chi connectivity index (χ0) is 25.3. The molecule has 1 unspecified atom stereocenters. The number of ether oxygens (including phenoxy) is 2. The second-order valence-electron chi connectivity index (χ2n) is 9.46. The number of aromatic amines is 1. The van der Waals surface area contributed by atoms with Gasteiger partial charge in [-0.05, 0) is 67.3 Å². The average Bonchev–Trinajstić information content (AvgIpc) is 3.22. The van der Waals surface area contributed by atoms with E-state index in [1.807, 2.05) is 49.4 Å². The lowest BCUT2D eigenvalue weighted by molar-refractivity contribution is -0.157. The summed E-state index contributed by atoms with van der Waals surface area (Å²) in [6, 6.07) is 16.9. The lowest BCUT2D eigenvalue weighted by atomic mass is 9.83. The number of H-pyrrole nitrogens is 1. The maximum Gasteiger partial charge on any atom is 0.344 e. The van der Waals surface area contributed by atoms with Gasteiger partial charge in [0.15, 0.2) is 6.61 Å². The maximum absolute atomic E-state index is 13.2. The van der Waals surface area contributed by atoms with E-state index in [1.165, 1.54) is 0 Å². The highest BCUT2D eigenvalue weighted by molar-refractivity contribution is 6.38. The van der Waals surface area contributed by atoms with Crippen LogP contribution < -0.4 is 10.5 Å². The third kappa shape index (κ3) is 4.89. The minimum atomic E-state index is -1.02. The van der Waals surface area contributed by atoms with Crippen LogP contribution in [0.5, 0.6) is 5.75 Å². The molecule has 0 aliphatic rings. The Balaban J connectivity index is 1.83. The number of nitrogens with two attached hydrogens (primary N) is 1. The highest BCUT2D eigenvalue weighted by atomic mass is 16.6. The van der Waals surface area contributed by atoms with Crippen LogP contribution in [-0.4, -0.2) is 34.9 Å². The predicted octanol–water partition coefficient (Wildman–Crippen LogP) is 4.54. The molecule has 0 aliphatic carbocycles. The molecule has 0 radical (unpaired) electrons. The van der Waals surface area contributed by atoms with Crippen LogP contribution in [0.25, 0.3) is 21.7 Å². The molecule has 0 saturated heterocycles. The first kappa shape index (κ1) is 24.0. The quantitative estimate of drug-likeness (QED) is 0.303. The Hall–Kier alpha value is -4.13. The fraction of sp³-hybridized carbons (Fsp3) is 0.250. The van der Waals surface area contributed by atoms with Gasteiger partial charge in [0.05, 0.1) is 5.92 Å². The molecule has 1 aromatic heterocycles. The van der Waals surface area contributed by atoms with Gasteiger partial charge in [-0.15, -0.1) is 0 Å². The number of primary amides is 1. The van der Waals surface area contributed by atoms with Crippen molar-refractivity contribution in [1.29, 1.82) is 0 Å².